The van der Waals surface area contributed by atoms with Crippen LogP contribution in [-0.4, -0.2) is 24.1 Å². The largest absolute Gasteiger partial charge is 0.507 e. The third-order valence-corrected chi connectivity index (χ3v) is 3.57. The molecule has 0 aliphatic heterocycles. The van der Waals surface area contributed by atoms with Crippen LogP contribution in [0.15, 0.2) is 24.3 Å². The van der Waals surface area contributed by atoms with Crippen LogP contribution in [0.2, 0.25) is 0 Å². The number of amides is 1. The Balaban J connectivity index is 1.99. The number of hydrogen-bond donors (Lipinski definition) is 3. The van der Waals surface area contributed by atoms with Gasteiger partial charge in [0.2, 0.25) is 0 Å². The molecule has 1 amide bonds. The average Bonchev–Trinajstić information content (AvgIpc) is 2.49. The molecule has 0 saturated heterocycles. The summed E-state index contributed by atoms with van der Waals surface area (Å²) in [6, 6.07) is 6.62. The van der Waals surface area contributed by atoms with Crippen LogP contribution in [0.3, 0.4) is 0 Å². The molecule has 1 aromatic rings. The van der Waals surface area contributed by atoms with E-state index in [1.54, 1.807) is 18.2 Å². The predicted molar refractivity (Wildman–Crippen MR) is 86.4 cm³/mol. The predicted octanol–water partition coefficient (Wildman–Crippen LogP) is 3.20. The van der Waals surface area contributed by atoms with E-state index in [9.17, 15) is 9.90 Å². The maximum absolute atomic E-state index is 11.8. The van der Waals surface area contributed by atoms with Crippen LogP contribution < -0.4 is 11.1 Å². The summed E-state index contributed by atoms with van der Waals surface area (Å²) in [5.74, 6) is -0.164. The summed E-state index contributed by atoms with van der Waals surface area (Å²) in [4.78, 5) is 11.8. The number of nitrogens with two attached hydrogens (primary N) is 1. The quantitative estimate of drug-likeness (QED) is 0.548. The highest BCUT2D eigenvalue weighted by molar-refractivity contribution is 5.96. The first-order valence-electron chi connectivity index (χ1n) is 8.02. The Bertz CT molecular complexity index is 408. The standard InChI is InChI=1S/C17H28N2O2/c18-13-9-5-3-1-2-4-6-10-14-19-17(21)15-11-7-8-12-16(15)20/h7-8,11-12,20H,1-6,9-10,13-14,18H2,(H,19,21). The summed E-state index contributed by atoms with van der Waals surface area (Å²) in [6.45, 7) is 1.47. The van der Waals surface area contributed by atoms with Crippen molar-refractivity contribution in [3.8, 4) is 5.75 Å². The number of nitrogens with one attached hydrogen (secondary N) is 1. The number of unbranched alkanes of at least 4 members (excludes halogenated alkanes) is 7. The van der Waals surface area contributed by atoms with Crippen LogP contribution in [0.1, 0.15) is 61.7 Å². The van der Waals surface area contributed by atoms with Gasteiger partial charge in [0, 0.05) is 6.54 Å². The van der Waals surface area contributed by atoms with Crippen LogP contribution in [0.5, 0.6) is 5.75 Å². The summed E-state index contributed by atoms with van der Waals surface area (Å²) >= 11 is 0. The third-order valence-electron chi connectivity index (χ3n) is 3.57. The molecule has 0 bridgehead atoms. The van der Waals surface area contributed by atoms with Crippen molar-refractivity contribution >= 4 is 5.91 Å². The van der Waals surface area contributed by atoms with E-state index in [2.05, 4.69) is 5.32 Å². The van der Waals surface area contributed by atoms with E-state index in [-0.39, 0.29) is 11.7 Å². The number of aromatic hydroxyl groups is 1. The smallest absolute Gasteiger partial charge is 0.255 e. The van der Waals surface area contributed by atoms with E-state index in [4.69, 9.17) is 5.73 Å². The van der Waals surface area contributed by atoms with Gasteiger partial charge in [-0.05, 0) is 31.5 Å². The fourth-order valence-corrected chi connectivity index (χ4v) is 2.29. The van der Waals surface area contributed by atoms with Crippen molar-refractivity contribution in [2.75, 3.05) is 13.1 Å². The van der Waals surface area contributed by atoms with Crippen molar-refractivity contribution < 1.29 is 9.90 Å². The number of para-hydroxylation sites is 1. The summed E-state index contributed by atoms with van der Waals surface area (Å²) in [5.41, 5.74) is 5.79. The molecule has 21 heavy (non-hydrogen) atoms. The van der Waals surface area contributed by atoms with Crippen molar-refractivity contribution in [3.05, 3.63) is 29.8 Å². The summed E-state index contributed by atoms with van der Waals surface area (Å²) in [5, 5.41) is 12.4. The highest BCUT2D eigenvalue weighted by Crippen LogP contribution is 2.15. The number of phenolic OH excluding ortho intramolecular Hbond substituents is 1. The minimum Gasteiger partial charge on any atom is -0.507 e. The lowest BCUT2D eigenvalue weighted by molar-refractivity contribution is 0.0950. The highest BCUT2D eigenvalue weighted by atomic mass is 16.3. The molecule has 0 aliphatic carbocycles. The van der Waals surface area contributed by atoms with Gasteiger partial charge in [-0.1, -0.05) is 50.7 Å². The Labute approximate surface area is 127 Å². The molecule has 4 heteroatoms. The van der Waals surface area contributed by atoms with Crippen molar-refractivity contribution in [1.82, 2.24) is 5.32 Å². The molecule has 0 spiro atoms. The van der Waals surface area contributed by atoms with Gasteiger partial charge >= 0.3 is 0 Å². The average molecular weight is 292 g/mol. The minimum atomic E-state index is -0.199. The molecular weight excluding hydrogens is 264 g/mol. The molecule has 1 rings (SSSR count). The maximum atomic E-state index is 11.8. The lowest BCUT2D eigenvalue weighted by Crippen LogP contribution is -2.24. The molecule has 0 heterocycles. The zero-order valence-electron chi connectivity index (χ0n) is 12.8. The maximum Gasteiger partial charge on any atom is 0.255 e. The summed E-state index contributed by atoms with van der Waals surface area (Å²) in [7, 11) is 0. The number of benzene rings is 1. The zero-order valence-corrected chi connectivity index (χ0v) is 12.8. The van der Waals surface area contributed by atoms with Crippen LogP contribution in [-0.2, 0) is 0 Å². The number of carbonyl (C=O) groups is 1. The summed E-state index contributed by atoms with van der Waals surface area (Å²) in [6.07, 6.45) is 9.55. The number of phenols is 1. The normalized spacial score (nSPS) is 10.5. The molecule has 0 aliphatic rings. The van der Waals surface area contributed by atoms with Crippen molar-refractivity contribution in [2.45, 2.75) is 51.4 Å². The zero-order chi connectivity index (χ0) is 15.3. The Morgan fingerprint density at radius 2 is 1.52 bits per heavy atom. The van der Waals surface area contributed by atoms with Gasteiger partial charge in [0.25, 0.3) is 5.91 Å². The molecule has 0 unspecified atom stereocenters. The molecule has 0 atom stereocenters. The molecule has 4 N–H and O–H groups in total. The van der Waals surface area contributed by atoms with E-state index in [1.807, 2.05) is 0 Å². The molecule has 118 valence electrons. The van der Waals surface area contributed by atoms with E-state index in [1.165, 1.54) is 38.2 Å². The topological polar surface area (TPSA) is 75.3 Å². The van der Waals surface area contributed by atoms with Gasteiger partial charge < -0.3 is 16.2 Å². The monoisotopic (exact) mass is 292 g/mol. The van der Waals surface area contributed by atoms with Gasteiger partial charge in [0.1, 0.15) is 5.75 Å². The van der Waals surface area contributed by atoms with Crippen molar-refractivity contribution in [1.29, 1.82) is 0 Å². The molecule has 0 saturated carbocycles. The Kier molecular flexibility index (Phi) is 9.29. The lowest BCUT2D eigenvalue weighted by Gasteiger charge is -2.06. The number of carbonyl (C=O) groups excluding carboxylic acids is 1. The van der Waals surface area contributed by atoms with Crippen LogP contribution >= 0.6 is 0 Å². The second kappa shape index (κ2) is 11.1. The van der Waals surface area contributed by atoms with E-state index < -0.39 is 0 Å². The molecule has 0 radical (unpaired) electrons. The fraction of sp³-hybridized carbons (Fsp3) is 0.588. The second-order valence-electron chi connectivity index (χ2n) is 5.39. The molecular formula is C17H28N2O2. The van der Waals surface area contributed by atoms with Gasteiger partial charge in [-0.25, -0.2) is 0 Å². The van der Waals surface area contributed by atoms with Crippen molar-refractivity contribution in [3.63, 3.8) is 0 Å². The SMILES string of the molecule is NCCCCCCCCCCNC(=O)c1ccccc1O. The van der Waals surface area contributed by atoms with Crippen LogP contribution in [0, 0.1) is 0 Å². The first-order chi connectivity index (χ1) is 10.3. The first-order valence-corrected chi connectivity index (χ1v) is 8.02. The number of hydrogen-bond acceptors (Lipinski definition) is 3. The molecule has 4 nitrogen and oxygen atoms in total. The Morgan fingerprint density at radius 1 is 0.952 bits per heavy atom. The number of rotatable bonds is 11. The van der Waals surface area contributed by atoms with Gasteiger partial charge in [-0.15, -0.1) is 0 Å². The van der Waals surface area contributed by atoms with Crippen molar-refractivity contribution in [2.24, 2.45) is 5.73 Å². The van der Waals surface area contributed by atoms with E-state index >= 15 is 0 Å². The highest BCUT2D eigenvalue weighted by Gasteiger charge is 2.08. The van der Waals surface area contributed by atoms with E-state index in [0.29, 0.717) is 12.1 Å². The van der Waals surface area contributed by atoms with Gasteiger partial charge in [-0.3, -0.25) is 4.79 Å². The van der Waals surface area contributed by atoms with E-state index in [0.717, 1.165) is 25.8 Å². The summed E-state index contributed by atoms with van der Waals surface area (Å²) < 4.78 is 0. The first kappa shape index (κ1) is 17.5. The van der Waals surface area contributed by atoms with Crippen LogP contribution in [0.4, 0.5) is 0 Å². The molecule has 0 fully saturated rings. The van der Waals surface area contributed by atoms with Gasteiger partial charge in [0.05, 0.1) is 5.56 Å². The molecule has 1 aromatic carbocycles. The Morgan fingerprint density at radius 3 is 2.14 bits per heavy atom. The van der Waals surface area contributed by atoms with Crippen LogP contribution in [0.25, 0.3) is 0 Å². The third kappa shape index (κ3) is 7.71. The van der Waals surface area contributed by atoms with Gasteiger partial charge in [0.15, 0.2) is 0 Å². The minimum absolute atomic E-state index is 0.0347. The van der Waals surface area contributed by atoms with Gasteiger partial charge in [-0.2, -0.15) is 0 Å². The lowest BCUT2D eigenvalue weighted by atomic mass is 10.1. The second-order valence-corrected chi connectivity index (χ2v) is 5.39. The molecule has 0 aromatic heterocycles. The fourth-order valence-electron chi connectivity index (χ4n) is 2.29. The Hall–Kier alpha value is -1.55.